The van der Waals surface area contributed by atoms with E-state index >= 15 is 0 Å². The lowest BCUT2D eigenvalue weighted by Gasteiger charge is -2.41. The Bertz CT molecular complexity index is 1530. The highest BCUT2D eigenvalue weighted by Gasteiger charge is 2.51. The number of phosphoric ester groups is 1. The molecule has 9 N–H and O–H groups in total. The van der Waals surface area contributed by atoms with E-state index in [1.54, 1.807) is 36.5 Å². The van der Waals surface area contributed by atoms with Gasteiger partial charge in [0.05, 0.1) is 24.9 Å². The molecule has 0 heterocycles. The molecule has 1 saturated carbocycles. The molecule has 16 nitrogen and oxygen atoms in total. The van der Waals surface area contributed by atoms with E-state index in [1.165, 1.54) is 31.4 Å². The number of allylic oxidation sites excluding steroid dienone is 11. The quantitative estimate of drug-likeness (QED) is 0.0110. The van der Waals surface area contributed by atoms with Gasteiger partial charge >= 0.3 is 19.8 Å². The molecule has 0 saturated heterocycles. The van der Waals surface area contributed by atoms with Gasteiger partial charge in [-0.25, -0.2) is 4.57 Å². The molecule has 3 unspecified atom stereocenters. The first kappa shape index (κ1) is 60.9. The van der Waals surface area contributed by atoms with Gasteiger partial charge in [-0.05, 0) is 64.2 Å². The molecule has 1 rings (SSSR count). The summed E-state index contributed by atoms with van der Waals surface area (Å²) in [4.78, 5) is 35.8. The molecule has 66 heavy (non-hydrogen) atoms. The molecule has 1 fully saturated rings. The third-order valence-corrected chi connectivity index (χ3v) is 11.5. The Morgan fingerprint density at radius 1 is 0.606 bits per heavy atom. The fraction of sp³-hybridized carbons (Fsp3) is 0.673. The highest BCUT2D eigenvalue weighted by Crippen LogP contribution is 2.47. The molecule has 0 amide bonds. The summed E-state index contributed by atoms with van der Waals surface area (Å²) >= 11 is 0. The second kappa shape index (κ2) is 37.8. The summed E-state index contributed by atoms with van der Waals surface area (Å²) in [7, 11) is -5.23. The SMILES string of the molecule is CC/C=C\C[C@H](O)/C=C/C=C/C=C\C=C/[C@@H](O)[C@H](O)CCCC(=O)O[C@H](COC(=O)CCCCCCCCC/C=C\C/C=C\CCCCC)COP(=O)(O)OC1[C@H](O)[C@H](O)C(O)[C@H](O)[C@H]1O. The normalized spacial score (nSPS) is 23.5. The molecule has 0 radical (unpaired) electrons. The monoisotopic (exact) mass is 957 g/mol. The maximum absolute atomic E-state index is 12.8. The Hall–Kier alpha value is -3.09. The molecule has 1 aliphatic rings. The Kier molecular flexibility index (Phi) is 34.9. The highest BCUT2D eigenvalue weighted by molar-refractivity contribution is 7.47. The van der Waals surface area contributed by atoms with Crippen molar-refractivity contribution in [2.45, 2.75) is 197 Å². The second-order valence-corrected chi connectivity index (χ2v) is 17.8. The first-order valence-corrected chi connectivity index (χ1v) is 25.2. The molecular formula is C49H81O16P. The van der Waals surface area contributed by atoms with Crippen LogP contribution >= 0.6 is 7.82 Å². The second-order valence-electron chi connectivity index (χ2n) is 16.4. The zero-order valence-corrected chi connectivity index (χ0v) is 39.9. The van der Waals surface area contributed by atoms with E-state index in [1.807, 2.05) is 19.1 Å². The van der Waals surface area contributed by atoms with Crippen molar-refractivity contribution in [1.82, 2.24) is 0 Å². The van der Waals surface area contributed by atoms with Crippen LogP contribution in [0.3, 0.4) is 0 Å². The zero-order chi connectivity index (χ0) is 49.0. The summed E-state index contributed by atoms with van der Waals surface area (Å²) in [5.74, 6) is -1.45. The van der Waals surface area contributed by atoms with E-state index in [9.17, 15) is 59.9 Å². The largest absolute Gasteiger partial charge is 0.472 e. The van der Waals surface area contributed by atoms with Crippen LogP contribution in [0.2, 0.25) is 0 Å². The maximum atomic E-state index is 12.8. The van der Waals surface area contributed by atoms with Crippen molar-refractivity contribution in [2.24, 2.45) is 0 Å². The van der Waals surface area contributed by atoms with Gasteiger partial charge in [-0.15, -0.1) is 0 Å². The Morgan fingerprint density at radius 3 is 1.77 bits per heavy atom. The van der Waals surface area contributed by atoms with Crippen molar-refractivity contribution in [3.63, 3.8) is 0 Å². The Balaban J connectivity index is 2.61. The van der Waals surface area contributed by atoms with Crippen LogP contribution in [-0.2, 0) is 32.7 Å². The predicted octanol–water partition coefficient (Wildman–Crippen LogP) is 6.19. The summed E-state index contributed by atoms with van der Waals surface area (Å²) in [6.45, 7) is 2.78. The van der Waals surface area contributed by atoms with E-state index in [-0.39, 0.29) is 25.7 Å². The van der Waals surface area contributed by atoms with Gasteiger partial charge < -0.3 is 55.2 Å². The minimum absolute atomic E-state index is 0.00618. The van der Waals surface area contributed by atoms with Crippen molar-refractivity contribution in [3.05, 3.63) is 85.1 Å². The summed E-state index contributed by atoms with van der Waals surface area (Å²) in [5.41, 5.74) is 0. The smallest absolute Gasteiger partial charge is 0.462 e. The molecular weight excluding hydrogens is 875 g/mol. The number of esters is 2. The van der Waals surface area contributed by atoms with Crippen molar-refractivity contribution in [3.8, 4) is 0 Å². The van der Waals surface area contributed by atoms with Crippen LogP contribution in [0, 0.1) is 0 Å². The fourth-order valence-corrected chi connectivity index (χ4v) is 7.57. The lowest BCUT2D eigenvalue weighted by Crippen LogP contribution is -2.64. The van der Waals surface area contributed by atoms with Gasteiger partial charge in [-0.2, -0.15) is 0 Å². The number of carbonyl (C=O) groups excluding carboxylic acids is 2. The molecule has 0 bridgehead atoms. The molecule has 378 valence electrons. The molecule has 0 spiro atoms. The molecule has 0 aliphatic heterocycles. The van der Waals surface area contributed by atoms with Gasteiger partial charge in [0.2, 0.25) is 0 Å². The highest BCUT2D eigenvalue weighted by atomic mass is 31.2. The molecule has 0 aromatic carbocycles. The standard InChI is InChI=1S/C49H81O16P/c1-3-5-7-8-9-10-11-12-13-14-15-16-17-18-19-24-28-34-42(53)62-36-39(37-63-66(60,61)65-49-47(58)45(56)44(55)46(57)48(49)59)64-43(54)35-29-33-41(52)40(51)32-27-23-21-20-22-26-31-38(50)30-25-6-4-2/h6,9-10,12-13,20-23,25-27,31-32,38-41,44-52,55-59H,3-5,7-8,11,14-19,24,28-30,33-37H2,1-2H3,(H,60,61)/b10-9-,13-12-,22-20+,23-21-,25-6-,31-26+,32-27-/t38-,39+,40+,41+,44?,45-,46+,47+,48+,49?/m0/s1. The number of hydrogen-bond acceptors (Lipinski definition) is 15. The van der Waals surface area contributed by atoms with Gasteiger partial charge in [0.25, 0.3) is 0 Å². The molecule has 0 aromatic rings. The fourth-order valence-electron chi connectivity index (χ4n) is 6.60. The van der Waals surface area contributed by atoms with Crippen molar-refractivity contribution in [1.29, 1.82) is 0 Å². The number of aliphatic hydroxyl groups excluding tert-OH is 8. The van der Waals surface area contributed by atoms with Crippen LogP contribution in [0.25, 0.3) is 0 Å². The minimum Gasteiger partial charge on any atom is -0.462 e. The molecule has 0 aromatic heterocycles. The van der Waals surface area contributed by atoms with Crippen LogP contribution in [0.1, 0.15) is 136 Å². The number of aliphatic hydroxyl groups is 8. The van der Waals surface area contributed by atoms with E-state index in [0.717, 1.165) is 64.2 Å². The first-order valence-electron chi connectivity index (χ1n) is 23.7. The number of ether oxygens (including phenoxy) is 2. The van der Waals surface area contributed by atoms with Crippen molar-refractivity contribution in [2.75, 3.05) is 13.2 Å². The van der Waals surface area contributed by atoms with Gasteiger partial charge in [-0.1, -0.05) is 144 Å². The average molecular weight is 957 g/mol. The van der Waals surface area contributed by atoms with Crippen LogP contribution in [-0.4, -0.2) is 132 Å². The number of unbranched alkanes of at least 4 members (excludes halogenated alkanes) is 10. The van der Waals surface area contributed by atoms with E-state index in [0.29, 0.717) is 12.8 Å². The summed E-state index contributed by atoms with van der Waals surface area (Å²) in [6.07, 6.45) is 24.0. The van der Waals surface area contributed by atoms with Crippen LogP contribution in [0.5, 0.6) is 0 Å². The Morgan fingerprint density at radius 2 is 1.15 bits per heavy atom. The lowest BCUT2D eigenvalue weighted by molar-refractivity contribution is -0.220. The topological polar surface area (TPSA) is 270 Å². The van der Waals surface area contributed by atoms with Crippen LogP contribution in [0.4, 0.5) is 0 Å². The van der Waals surface area contributed by atoms with Gasteiger partial charge in [-0.3, -0.25) is 18.6 Å². The minimum atomic E-state index is -5.23. The predicted molar refractivity (Wildman–Crippen MR) is 253 cm³/mol. The zero-order valence-electron chi connectivity index (χ0n) is 39.0. The van der Waals surface area contributed by atoms with E-state index in [2.05, 4.69) is 31.2 Å². The number of carbonyl (C=O) groups is 2. The summed E-state index contributed by atoms with van der Waals surface area (Å²) in [6, 6.07) is 0. The number of hydrogen-bond donors (Lipinski definition) is 9. The van der Waals surface area contributed by atoms with Crippen molar-refractivity contribution < 1.29 is 78.4 Å². The third kappa shape index (κ3) is 29.6. The van der Waals surface area contributed by atoms with E-state index in [4.69, 9.17) is 18.5 Å². The summed E-state index contributed by atoms with van der Waals surface area (Å²) in [5, 5.41) is 80.8. The Labute approximate surface area is 392 Å². The molecule has 1 aliphatic carbocycles. The lowest BCUT2D eigenvalue weighted by atomic mass is 9.85. The maximum Gasteiger partial charge on any atom is 0.472 e. The van der Waals surface area contributed by atoms with Gasteiger partial charge in [0.15, 0.2) is 6.10 Å². The average Bonchev–Trinajstić information content (AvgIpc) is 3.29. The van der Waals surface area contributed by atoms with Gasteiger partial charge in [0.1, 0.15) is 43.2 Å². The van der Waals surface area contributed by atoms with Crippen molar-refractivity contribution >= 4 is 19.8 Å². The number of rotatable bonds is 37. The number of phosphoric acid groups is 1. The third-order valence-electron chi connectivity index (χ3n) is 10.6. The van der Waals surface area contributed by atoms with Crippen LogP contribution < -0.4 is 0 Å². The van der Waals surface area contributed by atoms with Gasteiger partial charge in [0, 0.05) is 12.8 Å². The van der Waals surface area contributed by atoms with Crippen LogP contribution in [0.15, 0.2) is 85.1 Å². The first-order chi connectivity index (χ1) is 31.6. The van der Waals surface area contributed by atoms with E-state index < -0.39 is 94.0 Å². The summed E-state index contributed by atoms with van der Waals surface area (Å²) < 4.78 is 33.3. The molecule has 11 atom stereocenters. The molecule has 17 heteroatoms.